The van der Waals surface area contributed by atoms with Gasteiger partial charge in [-0.15, -0.1) is 0 Å². The average molecular weight is 366 g/mol. The van der Waals surface area contributed by atoms with Crippen LogP contribution in [0.2, 0.25) is 0 Å². The molecule has 6 nitrogen and oxygen atoms in total. The normalized spacial score (nSPS) is 46.9. The molecule has 3 unspecified atom stereocenters. The summed E-state index contributed by atoms with van der Waals surface area (Å²) in [6.45, 7) is 2.73. The first-order valence-corrected chi connectivity index (χ1v) is 9.60. The summed E-state index contributed by atoms with van der Waals surface area (Å²) in [5.74, 6) is -0.611. The molecule has 1 aliphatic carbocycles. The summed E-state index contributed by atoms with van der Waals surface area (Å²) in [5, 5.41) is 3.63. The summed E-state index contributed by atoms with van der Waals surface area (Å²) in [6, 6.07) is 8.15. The van der Waals surface area contributed by atoms with Crippen LogP contribution in [-0.4, -0.2) is 48.8 Å². The fourth-order valence-electron chi connectivity index (χ4n) is 7.14. The predicted molar refractivity (Wildman–Crippen MR) is 96.8 cm³/mol. The van der Waals surface area contributed by atoms with Gasteiger partial charge in [0.25, 0.3) is 0 Å². The van der Waals surface area contributed by atoms with Crippen LogP contribution in [0.5, 0.6) is 0 Å². The van der Waals surface area contributed by atoms with Gasteiger partial charge in [0, 0.05) is 24.6 Å². The number of nitrogens with one attached hydrogen (secondary N) is 1. The lowest BCUT2D eigenvalue weighted by molar-refractivity contribution is -0.182. The number of carbonyl (C=O) groups is 2. The molecule has 4 heterocycles. The standard InChI is InChI=1S/C21H22N2O4/c1-3-12-10-23-16-8-14(12)19(11-24,18(25)26-2)20-9-17(23)27-21(16,20)22-15-7-5-4-6-13(15)20/h3-7,11,14,16-17,22H,8-10H2,1-2H3/t14?,16?,17?,19-,20-,21-/m0/s1. The van der Waals surface area contributed by atoms with Crippen molar-refractivity contribution in [3.05, 3.63) is 41.5 Å². The minimum absolute atomic E-state index is 0.101. The molecule has 5 aliphatic rings. The van der Waals surface area contributed by atoms with E-state index in [1.54, 1.807) is 0 Å². The number of rotatable bonds is 2. The molecular weight excluding hydrogens is 344 g/mol. The predicted octanol–water partition coefficient (Wildman–Crippen LogP) is 1.81. The van der Waals surface area contributed by atoms with E-state index in [0.29, 0.717) is 12.8 Å². The summed E-state index contributed by atoms with van der Waals surface area (Å²) in [5.41, 5.74) is 0.303. The van der Waals surface area contributed by atoms with Crippen molar-refractivity contribution in [1.82, 2.24) is 4.90 Å². The minimum Gasteiger partial charge on any atom is -0.468 e. The van der Waals surface area contributed by atoms with Crippen molar-refractivity contribution in [3.8, 4) is 0 Å². The lowest BCUT2D eigenvalue weighted by Crippen LogP contribution is -2.78. The van der Waals surface area contributed by atoms with E-state index >= 15 is 0 Å². The first kappa shape index (κ1) is 15.8. The van der Waals surface area contributed by atoms with Gasteiger partial charge in [-0.25, -0.2) is 0 Å². The van der Waals surface area contributed by atoms with Gasteiger partial charge in [-0.1, -0.05) is 29.8 Å². The first-order valence-electron chi connectivity index (χ1n) is 9.60. The van der Waals surface area contributed by atoms with E-state index < -0.39 is 22.5 Å². The van der Waals surface area contributed by atoms with Crippen molar-refractivity contribution in [2.45, 2.75) is 43.2 Å². The Bertz CT molecular complexity index is 929. The number of methoxy groups -OCH3 is 1. The van der Waals surface area contributed by atoms with E-state index in [0.717, 1.165) is 29.7 Å². The number of anilines is 1. The summed E-state index contributed by atoms with van der Waals surface area (Å²) in [6.07, 6.45) is 4.18. The number of hydrogen-bond donors (Lipinski definition) is 1. The number of aldehydes is 1. The van der Waals surface area contributed by atoms with Crippen molar-refractivity contribution in [2.75, 3.05) is 19.0 Å². The van der Waals surface area contributed by atoms with E-state index in [1.807, 2.05) is 31.2 Å². The molecule has 1 aromatic carbocycles. The Hall–Kier alpha value is -2.18. The number of para-hydroxylation sites is 1. The van der Waals surface area contributed by atoms with Crippen LogP contribution in [0.15, 0.2) is 35.9 Å². The van der Waals surface area contributed by atoms with Crippen LogP contribution in [0.4, 0.5) is 5.69 Å². The lowest BCUT2D eigenvalue weighted by Gasteiger charge is -2.63. The number of allylic oxidation sites excluding steroid dienone is 1. The van der Waals surface area contributed by atoms with Crippen LogP contribution in [0.25, 0.3) is 0 Å². The Morgan fingerprint density at radius 2 is 2.22 bits per heavy atom. The zero-order chi connectivity index (χ0) is 18.6. The lowest BCUT2D eigenvalue weighted by atomic mass is 9.42. The van der Waals surface area contributed by atoms with Crippen LogP contribution >= 0.6 is 0 Å². The van der Waals surface area contributed by atoms with Crippen molar-refractivity contribution in [3.63, 3.8) is 0 Å². The highest BCUT2D eigenvalue weighted by molar-refractivity contribution is 5.99. The number of esters is 1. The van der Waals surface area contributed by atoms with Crippen LogP contribution in [0.1, 0.15) is 25.3 Å². The maximum atomic E-state index is 13.4. The van der Waals surface area contributed by atoms with Gasteiger partial charge in [-0.2, -0.15) is 0 Å². The molecule has 6 rings (SSSR count). The quantitative estimate of drug-likeness (QED) is 0.373. The SMILES string of the molecule is CC=C1CN2C3C[C@@]45c6ccccc6N[C@]4(O3)C2CC1[C@@]5(C=O)C(=O)OC. The number of nitrogens with zero attached hydrogens (tertiary/aromatic N) is 1. The Balaban J connectivity index is 1.75. The van der Waals surface area contributed by atoms with Gasteiger partial charge in [-0.05, 0) is 25.0 Å². The van der Waals surface area contributed by atoms with Crippen molar-refractivity contribution in [2.24, 2.45) is 11.3 Å². The topological polar surface area (TPSA) is 67.9 Å². The van der Waals surface area contributed by atoms with Gasteiger partial charge in [0.15, 0.2) is 5.72 Å². The Morgan fingerprint density at radius 3 is 2.96 bits per heavy atom. The highest BCUT2D eigenvalue weighted by Crippen LogP contribution is 2.75. The molecule has 0 radical (unpaired) electrons. The van der Waals surface area contributed by atoms with E-state index in [9.17, 15) is 9.59 Å². The number of benzene rings is 1. The third-order valence-electron chi connectivity index (χ3n) is 7.99. The maximum absolute atomic E-state index is 13.4. The zero-order valence-corrected chi connectivity index (χ0v) is 15.4. The highest BCUT2D eigenvalue weighted by Gasteiger charge is 2.87. The Labute approximate surface area is 157 Å². The third-order valence-corrected chi connectivity index (χ3v) is 7.99. The molecule has 1 spiro atoms. The summed E-state index contributed by atoms with van der Waals surface area (Å²) >= 11 is 0. The summed E-state index contributed by atoms with van der Waals surface area (Å²) in [7, 11) is 1.38. The largest absolute Gasteiger partial charge is 0.468 e. The molecule has 0 amide bonds. The highest BCUT2D eigenvalue weighted by atomic mass is 16.6. The van der Waals surface area contributed by atoms with E-state index in [2.05, 4.69) is 16.3 Å². The Kier molecular flexibility index (Phi) is 2.71. The first-order chi connectivity index (χ1) is 13.1. The van der Waals surface area contributed by atoms with Gasteiger partial charge in [0.1, 0.15) is 17.9 Å². The third kappa shape index (κ3) is 1.32. The molecule has 140 valence electrons. The second-order valence-corrected chi connectivity index (χ2v) is 8.41. The molecule has 3 saturated heterocycles. The molecule has 1 saturated carbocycles. The van der Waals surface area contributed by atoms with Gasteiger partial charge in [0.05, 0.1) is 18.6 Å². The number of ether oxygens (including phenoxy) is 2. The second-order valence-electron chi connectivity index (χ2n) is 8.41. The fourth-order valence-corrected chi connectivity index (χ4v) is 7.14. The van der Waals surface area contributed by atoms with Crippen molar-refractivity contribution < 1.29 is 19.1 Å². The number of fused-ring (bicyclic) bond motifs is 4. The molecule has 4 bridgehead atoms. The number of carbonyl (C=O) groups excluding carboxylic acids is 2. The van der Waals surface area contributed by atoms with Gasteiger partial charge in [0.2, 0.25) is 0 Å². The molecular formula is C21H22N2O4. The molecule has 0 aromatic heterocycles. The molecule has 1 aromatic rings. The van der Waals surface area contributed by atoms with Gasteiger partial charge >= 0.3 is 5.97 Å². The number of piperidine rings is 2. The molecule has 6 atom stereocenters. The maximum Gasteiger partial charge on any atom is 0.320 e. The van der Waals surface area contributed by atoms with Gasteiger partial charge < -0.3 is 19.6 Å². The zero-order valence-electron chi connectivity index (χ0n) is 15.4. The van der Waals surface area contributed by atoms with Crippen molar-refractivity contribution >= 4 is 17.9 Å². The molecule has 4 fully saturated rings. The second kappa shape index (κ2) is 4.62. The number of hydrogen-bond acceptors (Lipinski definition) is 6. The monoisotopic (exact) mass is 366 g/mol. The van der Waals surface area contributed by atoms with E-state index in [1.165, 1.54) is 7.11 Å². The van der Waals surface area contributed by atoms with Gasteiger partial charge in [-0.3, -0.25) is 9.69 Å². The summed E-state index contributed by atoms with van der Waals surface area (Å²) in [4.78, 5) is 28.7. The van der Waals surface area contributed by atoms with Crippen molar-refractivity contribution in [1.29, 1.82) is 0 Å². The molecule has 27 heavy (non-hydrogen) atoms. The van der Waals surface area contributed by atoms with Crippen LogP contribution in [0.3, 0.4) is 0 Å². The van der Waals surface area contributed by atoms with E-state index in [4.69, 9.17) is 9.47 Å². The van der Waals surface area contributed by atoms with Crippen LogP contribution in [0, 0.1) is 11.3 Å². The molecule has 1 N–H and O–H groups in total. The average Bonchev–Trinajstić information content (AvgIpc) is 3.30. The smallest absolute Gasteiger partial charge is 0.320 e. The minimum atomic E-state index is -1.29. The summed E-state index contributed by atoms with van der Waals surface area (Å²) < 4.78 is 11.9. The van der Waals surface area contributed by atoms with E-state index in [-0.39, 0.29) is 18.2 Å². The van der Waals surface area contributed by atoms with Crippen LogP contribution < -0.4 is 5.32 Å². The Morgan fingerprint density at radius 1 is 1.41 bits per heavy atom. The fraction of sp³-hybridized carbons (Fsp3) is 0.524. The molecule has 6 heteroatoms. The molecule has 4 aliphatic heterocycles. The van der Waals surface area contributed by atoms with Crippen LogP contribution in [-0.2, 0) is 24.5 Å².